The van der Waals surface area contributed by atoms with Crippen molar-refractivity contribution in [3.8, 4) is 0 Å². The highest BCUT2D eigenvalue weighted by Crippen LogP contribution is 2.12. The summed E-state index contributed by atoms with van der Waals surface area (Å²) in [6.07, 6.45) is 4.85. The highest BCUT2D eigenvalue weighted by molar-refractivity contribution is 9.10. The first-order chi connectivity index (χ1) is 12.2. The molecule has 0 bridgehead atoms. The zero-order valence-electron chi connectivity index (χ0n) is 14.3. The molecule has 3 rings (SSSR count). The maximum atomic E-state index is 12.4. The molecule has 0 N–H and O–H groups in total. The summed E-state index contributed by atoms with van der Waals surface area (Å²) in [5, 5.41) is 0. The molecule has 25 heavy (non-hydrogen) atoms. The number of hydrogen-bond acceptors (Lipinski definition) is 2. The Morgan fingerprint density at radius 2 is 1.64 bits per heavy atom. The Balaban J connectivity index is 1.42. The number of nitrogens with zero attached hydrogens (tertiary/aromatic N) is 2. The smallest absolute Gasteiger partial charge is 0.227 e. The van der Waals surface area contributed by atoms with Crippen LogP contribution < -0.4 is 0 Å². The van der Waals surface area contributed by atoms with Crippen LogP contribution in [-0.2, 0) is 11.2 Å². The largest absolute Gasteiger partial charge is 0.340 e. The summed E-state index contributed by atoms with van der Waals surface area (Å²) >= 11 is 3.42. The van der Waals surface area contributed by atoms with E-state index in [-0.39, 0.29) is 5.91 Å². The van der Waals surface area contributed by atoms with Gasteiger partial charge in [-0.15, -0.1) is 0 Å². The predicted octanol–water partition coefficient (Wildman–Crippen LogP) is 3.85. The molecular formula is C21H23BrN2O. The number of hydrogen-bond donors (Lipinski definition) is 0. The van der Waals surface area contributed by atoms with Gasteiger partial charge in [-0.05, 0) is 23.3 Å². The molecule has 0 aromatic heterocycles. The lowest BCUT2D eigenvalue weighted by molar-refractivity contribution is -0.132. The minimum atomic E-state index is 0.224. The number of carbonyl (C=O) groups is 1. The fraction of sp³-hybridized carbons (Fsp3) is 0.286. The lowest BCUT2D eigenvalue weighted by atomic mass is 10.1. The van der Waals surface area contributed by atoms with Crippen molar-refractivity contribution < 1.29 is 4.79 Å². The lowest BCUT2D eigenvalue weighted by Crippen LogP contribution is -2.49. The van der Waals surface area contributed by atoms with Crippen LogP contribution in [0.1, 0.15) is 11.1 Å². The number of benzene rings is 2. The molecule has 0 unspecified atom stereocenters. The molecule has 0 aliphatic carbocycles. The van der Waals surface area contributed by atoms with E-state index >= 15 is 0 Å². The van der Waals surface area contributed by atoms with E-state index in [1.54, 1.807) is 0 Å². The SMILES string of the molecule is O=C(Cc1ccc(Br)cc1)N1CCN(C/C=C/c2ccccc2)CC1. The second-order valence-electron chi connectivity index (χ2n) is 6.30. The first kappa shape index (κ1) is 17.9. The van der Waals surface area contributed by atoms with Gasteiger partial charge in [-0.25, -0.2) is 0 Å². The van der Waals surface area contributed by atoms with E-state index in [0.29, 0.717) is 6.42 Å². The number of carbonyl (C=O) groups excluding carboxylic acids is 1. The van der Waals surface area contributed by atoms with Gasteiger partial charge in [-0.3, -0.25) is 9.69 Å². The second-order valence-corrected chi connectivity index (χ2v) is 7.21. The molecule has 0 atom stereocenters. The van der Waals surface area contributed by atoms with Crippen molar-refractivity contribution in [2.75, 3.05) is 32.7 Å². The summed E-state index contributed by atoms with van der Waals surface area (Å²) in [5.74, 6) is 0.224. The van der Waals surface area contributed by atoms with Crippen LogP contribution in [0.25, 0.3) is 6.08 Å². The number of halogens is 1. The molecule has 0 radical (unpaired) electrons. The molecule has 1 saturated heterocycles. The molecular weight excluding hydrogens is 376 g/mol. The highest BCUT2D eigenvalue weighted by atomic mass is 79.9. The van der Waals surface area contributed by atoms with E-state index in [4.69, 9.17) is 0 Å². The first-order valence-electron chi connectivity index (χ1n) is 8.67. The summed E-state index contributed by atoms with van der Waals surface area (Å²) in [5.41, 5.74) is 2.30. The third-order valence-corrected chi connectivity index (χ3v) is 5.00. The van der Waals surface area contributed by atoms with E-state index in [1.165, 1.54) is 5.56 Å². The third-order valence-electron chi connectivity index (χ3n) is 4.47. The molecule has 2 aromatic rings. The van der Waals surface area contributed by atoms with Crippen LogP contribution in [0.4, 0.5) is 0 Å². The molecule has 1 aliphatic heterocycles. The maximum absolute atomic E-state index is 12.4. The average Bonchev–Trinajstić information content (AvgIpc) is 2.65. The summed E-state index contributed by atoms with van der Waals surface area (Å²) in [6, 6.07) is 18.3. The van der Waals surface area contributed by atoms with Gasteiger partial charge in [0, 0.05) is 37.2 Å². The molecule has 4 heteroatoms. The molecule has 1 amide bonds. The standard InChI is InChI=1S/C21H23BrN2O/c22-20-10-8-19(9-11-20)17-21(25)24-15-13-23(14-16-24)12-4-7-18-5-2-1-3-6-18/h1-11H,12-17H2/b7-4+. The Hall–Kier alpha value is -1.91. The molecule has 2 aromatic carbocycles. The van der Waals surface area contributed by atoms with Gasteiger partial charge >= 0.3 is 0 Å². The van der Waals surface area contributed by atoms with Gasteiger partial charge in [0.05, 0.1) is 6.42 Å². The van der Waals surface area contributed by atoms with Gasteiger partial charge in [0.1, 0.15) is 0 Å². The van der Waals surface area contributed by atoms with E-state index in [0.717, 1.165) is 42.8 Å². The summed E-state index contributed by atoms with van der Waals surface area (Å²) in [7, 11) is 0. The Morgan fingerprint density at radius 1 is 0.960 bits per heavy atom. The average molecular weight is 399 g/mol. The van der Waals surface area contributed by atoms with Crippen LogP contribution in [-0.4, -0.2) is 48.4 Å². The van der Waals surface area contributed by atoms with Crippen molar-refractivity contribution >= 4 is 27.9 Å². The zero-order chi connectivity index (χ0) is 17.5. The van der Waals surface area contributed by atoms with Gasteiger partial charge in [0.25, 0.3) is 0 Å². The fourth-order valence-corrected chi connectivity index (χ4v) is 3.23. The van der Waals surface area contributed by atoms with Crippen molar-refractivity contribution in [3.05, 3.63) is 76.3 Å². The van der Waals surface area contributed by atoms with Crippen molar-refractivity contribution in [2.24, 2.45) is 0 Å². The third kappa shape index (κ3) is 5.55. The minimum absolute atomic E-state index is 0.224. The molecule has 3 nitrogen and oxygen atoms in total. The Kier molecular flexibility index (Phi) is 6.42. The van der Waals surface area contributed by atoms with E-state index in [2.05, 4.69) is 57.2 Å². The Bertz CT molecular complexity index is 704. The fourth-order valence-electron chi connectivity index (χ4n) is 2.97. The van der Waals surface area contributed by atoms with Crippen LogP contribution in [0, 0.1) is 0 Å². The molecule has 0 spiro atoms. The minimum Gasteiger partial charge on any atom is -0.340 e. The van der Waals surface area contributed by atoms with E-state index < -0.39 is 0 Å². The van der Waals surface area contributed by atoms with E-state index in [9.17, 15) is 4.79 Å². The quantitative estimate of drug-likeness (QED) is 0.763. The summed E-state index contributed by atoms with van der Waals surface area (Å²) < 4.78 is 1.04. The summed E-state index contributed by atoms with van der Waals surface area (Å²) in [4.78, 5) is 16.8. The summed E-state index contributed by atoms with van der Waals surface area (Å²) in [6.45, 7) is 4.43. The number of amides is 1. The van der Waals surface area contributed by atoms with Gasteiger partial charge in [-0.2, -0.15) is 0 Å². The number of rotatable bonds is 5. The molecule has 130 valence electrons. The topological polar surface area (TPSA) is 23.6 Å². The Morgan fingerprint density at radius 3 is 2.32 bits per heavy atom. The molecule has 1 heterocycles. The monoisotopic (exact) mass is 398 g/mol. The van der Waals surface area contributed by atoms with Gasteiger partial charge in [0.15, 0.2) is 0 Å². The van der Waals surface area contributed by atoms with Crippen LogP contribution in [0.5, 0.6) is 0 Å². The van der Waals surface area contributed by atoms with Crippen LogP contribution >= 0.6 is 15.9 Å². The Labute approximate surface area is 158 Å². The molecule has 0 saturated carbocycles. The van der Waals surface area contributed by atoms with Crippen molar-refractivity contribution in [2.45, 2.75) is 6.42 Å². The number of piperazine rings is 1. The van der Waals surface area contributed by atoms with Crippen molar-refractivity contribution in [1.29, 1.82) is 0 Å². The van der Waals surface area contributed by atoms with Crippen LogP contribution in [0.3, 0.4) is 0 Å². The van der Waals surface area contributed by atoms with E-state index in [1.807, 2.05) is 35.2 Å². The highest BCUT2D eigenvalue weighted by Gasteiger charge is 2.20. The van der Waals surface area contributed by atoms with Gasteiger partial charge < -0.3 is 4.90 Å². The molecule has 1 aliphatic rings. The zero-order valence-corrected chi connectivity index (χ0v) is 15.9. The molecule has 1 fully saturated rings. The first-order valence-corrected chi connectivity index (χ1v) is 9.46. The second kappa shape index (κ2) is 8.97. The van der Waals surface area contributed by atoms with Crippen molar-refractivity contribution in [1.82, 2.24) is 9.80 Å². The van der Waals surface area contributed by atoms with Crippen LogP contribution in [0.2, 0.25) is 0 Å². The predicted molar refractivity (Wildman–Crippen MR) is 106 cm³/mol. The van der Waals surface area contributed by atoms with Crippen molar-refractivity contribution in [3.63, 3.8) is 0 Å². The van der Waals surface area contributed by atoms with Gasteiger partial charge in [-0.1, -0.05) is 70.5 Å². The maximum Gasteiger partial charge on any atom is 0.227 e. The van der Waals surface area contributed by atoms with Crippen LogP contribution in [0.15, 0.2) is 65.1 Å². The van der Waals surface area contributed by atoms with Gasteiger partial charge in [0.2, 0.25) is 5.91 Å². The normalized spacial score (nSPS) is 15.6. The lowest BCUT2D eigenvalue weighted by Gasteiger charge is -2.34.